The number of nitrogens with zero attached hydrogens (tertiary/aromatic N) is 3. The van der Waals surface area contributed by atoms with Crippen molar-refractivity contribution in [2.45, 2.75) is 31.6 Å². The van der Waals surface area contributed by atoms with Crippen LogP contribution in [0.3, 0.4) is 0 Å². The van der Waals surface area contributed by atoms with Gasteiger partial charge in [-0.1, -0.05) is 12.1 Å². The fourth-order valence-corrected chi connectivity index (χ4v) is 4.49. The summed E-state index contributed by atoms with van der Waals surface area (Å²) in [6, 6.07) is 11.5. The van der Waals surface area contributed by atoms with Gasteiger partial charge < -0.3 is 19.3 Å². The maximum Gasteiger partial charge on any atom is 0.255 e. The summed E-state index contributed by atoms with van der Waals surface area (Å²) in [6.45, 7) is 3.73. The second kappa shape index (κ2) is 10.6. The molecule has 7 heteroatoms. The van der Waals surface area contributed by atoms with Crippen molar-refractivity contribution in [3.05, 3.63) is 59.4 Å². The number of benzene rings is 1. The normalized spacial score (nSPS) is 19.0. The zero-order valence-electron chi connectivity index (χ0n) is 18.7. The van der Waals surface area contributed by atoms with E-state index in [1.807, 2.05) is 46.2 Å². The van der Waals surface area contributed by atoms with Crippen LogP contribution in [0.5, 0.6) is 5.75 Å². The number of methoxy groups -OCH3 is 1. The number of aryl methyl sites for hydroxylation is 1. The SMILES string of the molecule is COc1ccc(CCC(=O)N2CCCC(c3ncccc3C(=O)N3CCOCC3)C2)cc1. The number of carbonyl (C=O) groups is 2. The largest absolute Gasteiger partial charge is 0.497 e. The molecule has 0 aliphatic carbocycles. The molecule has 1 unspecified atom stereocenters. The van der Waals surface area contributed by atoms with Gasteiger partial charge >= 0.3 is 0 Å². The van der Waals surface area contributed by atoms with Gasteiger partial charge in [0.1, 0.15) is 5.75 Å². The van der Waals surface area contributed by atoms with Crippen molar-refractivity contribution in [2.75, 3.05) is 46.5 Å². The van der Waals surface area contributed by atoms with Crippen molar-refractivity contribution in [2.24, 2.45) is 0 Å². The standard InChI is InChI=1S/C25H31N3O4/c1-31-21-9-6-19(7-10-21)8-11-23(29)28-13-3-4-20(18-28)24-22(5-2-12-26-24)25(30)27-14-16-32-17-15-27/h2,5-7,9-10,12,20H,3-4,8,11,13-18H2,1H3. The van der Waals surface area contributed by atoms with Gasteiger partial charge in [0, 0.05) is 44.7 Å². The van der Waals surface area contributed by atoms with Gasteiger partial charge in [0.2, 0.25) is 5.91 Å². The van der Waals surface area contributed by atoms with Crippen LogP contribution >= 0.6 is 0 Å². The third-order valence-corrected chi connectivity index (χ3v) is 6.31. The number of hydrogen-bond donors (Lipinski definition) is 0. The molecule has 2 fully saturated rings. The first-order valence-electron chi connectivity index (χ1n) is 11.4. The molecule has 2 aromatic rings. The van der Waals surface area contributed by atoms with Crippen LogP contribution in [0.15, 0.2) is 42.6 Å². The van der Waals surface area contributed by atoms with E-state index < -0.39 is 0 Å². The molecule has 0 spiro atoms. The molecular formula is C25H31N3O4. The minimum atomic E-state index is 0.0133. The van der Waals surface area contributed by atoms with Crippen LogP contribution in [0.1, 0.15) is 46.8 Å². The van der Waals surface area contributed by atoms with E-state index >= 15 is 0 Å². The molecule has 32 heavy (non-hydrogen) atoms. The van der Waals surface area contributed by atoms with Crippen LogP contribution in [0.4, 0.5) is 0 Å². The Labute approximate surface area is 189 Å². The van der Waals surface area contributed by atoms with Gasteiger partial charge in [0.05, 0.1) is 31.6 Å². The number of carbonyl (C=O) groups excluding carboxylic acids is 2. The third-order valence-electron chi connectivity index (χ3n) is 6.31. The van der Waals surface area contributed by atoms with Crippen molar-refractivity contribution in [1.29, 1.82) is 0 Å². The summed E-state index contributed by atoms with van der Waals surface area (Å²) in [5.74, 6) is 1.06. The van der Waals surface area contributed by atoms with Crippen LogP contribution in [-0.4, -0.2) is 73.1 Å². The van der Waals surface area contributed by atoms with Crippen LogP contribution in [-0.2, 0) is 16.0 Å². The van der Waals surface area contributed by atoms with E-state index in [0.29, 0.717) is 51.3 Å². The van der Waals surface area contributed by atoms with Crippen LogP contribution in [0.2, 0.25) is 0 Å². The summed E-state index contributed by atoms with van der Waals surface area (Å²) in [5, 5.41) is 0. The van der Waals surface area contributed by atoms with E-state index in [-0.39, 0.29) is 17.7 Å². The third kappa shape index (κ3) is 5.27. The van der Waals surface area contributed by atoms with Gasteiger partial charge in [-0.2, -0.15) is 0 Å². The first-order chi connectivity index (χ1) is 15.7. The molecule has 1 aromatic carbocycles. The summed E-state index contributed by atoms with van der Waals surface area (Å²) in [7, 11) is 1.65. The second-order valence-corrected chi connectivity index (χ2v) is 8.37. The van der Waals surface area contributed by atoms with Gasteiger partial charge in [-0.05, 0) is 49.1 Å². The number of likely N-dealkylation sites (tertiary alicyclic amines) is 1. The smallest absolute Gasteiger partial charge is 0.255 e. The first-order valence-corrected chi connectivity index (χ1v) is 11.4. The monoisotopic (exact) mass is 437 g/mol. The highest BCUT2D eigenvalue weighted by Crippen LogP contribution is 2.29. The molecule has 1 aromatic heterocycles. The topological polar surface area (TPSA) is 72.0 Å². The number of aromatic nitrogens is 1. The number of amides is 2. The van der Waals surface area contributed by atoms with Crippen molar-refractivity contribution in [3.8, 4) is 5.75 Å². The number of piperidine rings is 1. The van der Waals surface area contributed by atoms with E-state index in [1.165, 1.54) is 0 Å². The van der Waals surface area contributed by atoms with Gasteiger partial charge in [0.15, 0.2) is 0 Å². The van der Waals surface area contributed by atoms with Crippen LogP contribution in [0, 0.1) is 0 Å². The summed E-state index contributed by atoms with van der Waals surface area (Å²) in [5.41, 5.74) is 2.60. The van der Waals surface area contributed by atoms with Crippen molar-refractivity contribution in [3.63, 3.8) is 0 Å². The minimum Gasteiger partial charge on any atom is -0.497 e. The zero-order chi connectivity index (χ0) is 22.3. The molecule has 170 valence electrons. The first kappa shape index (κ1) is 22.3. The Morgan fingerprint density at radius 3 is 2.62 bits per heavy atom. The second-order valence-electron chi connectivity index (χ2n) is 8.37. The van der Waals surface area contributed by atoms with Gasteiger partial charge in [-0.3, -0.25) is 14.6 Å². The zero-order valence-corrected chi connectivity index (χ0v) is 18.7. The number of pyridine rings is 1. The maximum atomic E-state index is 13.1. The van der Waals surface area contributed by atoms with E-state index in [0.717, 1.165) is 36.4 Å². The molecule has 0 N–H and O–H groups in total. The highest BCUT2D eigenvalue weighted by atomic mass is 16.5. The van der Waals surface area contributed by atoms with E-state index in [1.54, 1.807) is 13.3 Å². The van der Waals surface area contributed by atoms with Crippen molar-refractivity contribution >= 4 is 11.8 Å². The van der Waals surface area contributed by atoms with E-state index in [9.17, 15) is 9.59 Å². The molecule has 7 nitrogen and oxygen atoms in total. The Hall–Kier alpha value is -2.93. The molecule has 2 amide bonds. The average molecular weight is 438 g/mol. The Morgan fingerprint density at radius 2 is 1.88 bits per heavy atom. The Morgan fingerprint density at radius 1 is 1.09 bits per heavy atom. The molecule has 2 aliphatic heterocycles. The van der Waals surface area contributed by atoms with E-state index in [2.05, 4.69) is 4.98 Å². The molecular weight excluding hydrogens is 406 g/mol. The molecule has 2 aliphatic rings. The Bertz CT molecular complexity index is 925. The summed E-state index contributed by atoms with van der Waals surface area (Å²) in [6.07, 6.45) is 4.77. The van der Waals surface area contributed by atoms with Crippen LogP contribution in [0.25, 0.3) is 0 Å². The number of morpholine rings is 1. The predicted molar refractivity (Wildman–Crippen MR) is 121 cm³/mol. The molecule has 0 radical (unpaired) electrons. The quantitative estimate of drug-likeness (QED) is 0.695. The number of rotatable bonds is 6. The lowest BCUT2D eigenvalue weighted by molar-refractivity contribution is -0.132. The number of hydrogen-bond acceptors (Lipinski definition) is 5. The predicted octanol–water partition coefficient (Wildman–Crippen LogP) is 2.90. The molecule has 3 heterocycles. The fraction of sp³-hybridized carbons (Fsp3) is 0.480. The minimum absolute atomic E-state index is 0.0133. The molecule has 1 atom stereocenters. The Balaban J connectivity index is 1.40. The van der Waals surface area contributed by atoms with Gasteiger partial charge in [-0.25, -0.2) is 0 Å². The van der Waals surface area contributed by atoms with Crippen LogP contribution < -0.4 is 4.74 Å². The maximum absolute atomic E-state index is 13.1. The number of ether oxygens (including phenoxy) is 2. The summed E-state index contributed by atoms with van der Waals surface area (Å²) >= 11 is 0. The van der Waals surface area contributed by atoms with E-state index in [4.69, 9.17) is 9.47 Å². The highest BCUT2D eigenvalue weighted by Gasteiger charge is 2.30. The lowest BCUT2D eigenvalue weighted by atomic mass is 9.90. The highest BCUT2D eigenvalue weighted by molar-refractivity contribution is 5.95. The average Bonchev–Trinajstić information content (AvgIpc) is 2.87. The lowest BCUT2D eigenvalue weighted by Gasteiger charge is -2.34. The molecule has 0 bridgehead atoms. The fourth-order valence-electron chi connectivity index (χ4n) is 4.49. The Kier molecular flexibility index (Phi) is 7.37. The van der Waals surface area contributed by atoms with Crippen molar-refractivity contribution in [1.82, 2.24) is 14.8 Å². The van der Waals surface area contributed by atoms with Gasteiger partial charge in [-0.15, -0.1) is 0 Å². The molecule has 2 saturated heterocycles. The lowest BCUT2D eigenvalue weighted by Crippen LogP contribution is -2.42. The summed E-state index contributed by atoms with van der Waals surface area (Å²) in [4.78, 5) is 34.4. The summed E-state index contributed by atoms with van der Waals surface area (Å²) < 4.78 is 10.6. The van der Waals surface area contributed by atoms with Gasteiger partial charge in [0.25, 0.3) is 5.91 Å². The molecule has 0 saturated carbocycles. The van der Waals surface area contributed by atoms with Crippen molar-refractivity contribution < 1.29 is 19.1 Å². The molecule has 4 rings (SSSR count).